The first kappa shape index (κ1) is 42.5. The summed E-state index contributed by atoms with van der Waals surface area (Å²) in [5.41, 5.74) is -2.05. The first-order valence-corrected chi connectivity index (χ1v) is 20.4. The van der Waals surface area contributed by atoms with Crippen molar-refractivity contribution in [3.8, 4) is 23.0 Å². The van der Waals surface area contributed by atoms with Crippen LogP contribution in [0.1, 0.15) is 71.1 Å². The van der Waals surface area contributed by atoms with E-state index in [2.05, 4.69) is 10.6 Å². The monoisotopic (exact) mass is 820 g/mol. The van der Waals surface area contributed by atoms with E-state index in [0.717, 1.165) is 0 Å². The Hall–Kier alpha value is -6.62. The zero-order valence-corrected chi connectivity index (χ0v) is 34.8. The predicted octanol–water partition coefficient (Wildman–Crippen LogP) is 8.17. The first-order valence-electron chi connectivity index (χ1n) is 20.4. The first-order chi connectivity index (χ1) is 29.6. The molecule has 10 heteroatoms. The number of amides is 2. The number of carbonyl (C=O) groups is 2. The van der Waals surface area contributed by atoms with Crippen molar-refractivity contribution in [1.82, 2.24) is 10.6 Å². The Morgan fingerprint density at radius 1 is 0.459 bits per heavy atom. The molecule has 0 heterocycles. The quantitative estimate of drug-likeness (QED) is 0.0719. The average molecular weight is 821 g/mol. The molecule has 61 heavy (non-hydrogen) atoms. The summed E-state index contributed by atoms with van der Waals surface area (Å²) in [5.74, 6) is 1.31. The van der Waals surface area contributed by atoms with Crippen molar-refractivity contribution < 1.29 is 38.7 Å². The Morgan fingerprint density at radius 3 is 0.967 bits per heavy atom. The van der Waals surface area contributed by atoms with Gasteiger partial charge in [-0.25, -0.2) is 0 Å². The Morgan fingerprint density at radius 2 is 0.721 bits per heavy atom. The van der Waals surface area contributed by atoms with E-state index in [1.165, 1.54) is 0 Å². The molecule has 314 valence electrons. The fourth-order valence-corrected chi connectivity index (χ4v) is 8.60. The normalized spacial score (nSPS) is 14.6. The maximum absolute atomic E-state index is 15.3. The van der Waals surface area contributed by atoms with Crippen molar-refractivity contribution in [2.45, 2.75) is 49.0 Å². The molecule has 1 fully saturated rings. The third kappa shape index (κ3) is 8.29. The molecule has 4 N–H and O–H groups in total. The second kappa shape index (κ2) is 18.3. The van der Waals surface area contributed by atoms with Gasteiger partial charge < -0.3 is 39.8 Å². The van der Waals surface area contributed by atoms with E-state index >= 15 is 9.59 Å². The molecule has 2 amide bonds. The van der Waals surface area contributed by atoms with Gasteiger partial charge in [-0.3, -0.25) is 9.59 Å². The topological polar surface area (TPSA) is 136 Å². The van der Waals surface area contributed by atoms with Gasteiger partial charge in [0.2, 0.25) is 11.8 Å². The summed E-state index contributed by atoms with van der Waals surface area (Å²) in [6.07, 6.45) is 1.74. The summed E-state index contributed by atoms with van der Waals surface area (Å²) in [6, 6.07) is 44.6. The number of rotatable bonds is 16. The second-order valence-corrected chi connectivity index (χ2v) is 15.4. The van der Waals surface area contributed by atoms with Crippen LogP contribution >= 0.6 is 0 Å². The van der Waals surface area contributed by atoms with Crippen molar-refractivity contribution in [3.63, 3.8) is 0 Å². The van der Waals surface area contributed by atoms with E-state index in [9.17, 15) is 10.2 Å². The third-order valence-electron chi connectivity index (χ3n) is 12.1. The highest BCUT2D eigenvalue weighted by Gasteiger charge is 2.53. The van der Waals surface area contributed by atoms with Crippen molar-refractivity contribution >= 4 is 11.8 Å². The summed E-state index contributed by atoms with van der Waals surface area (Å²) in [7, 11) is 6.28. The summed E-state index contributed by atoms with van der Waals surface area (Å²) in [5, 5.41) is 33.0. The van der Waals surface area contributed by atoms with Crippen LogP contribution in [0.25, 0.3) is 0 Å². The summed E-state index contributed by atoms with van der Waals surface area (Å²) < 4.78 is 21.8. The Bertz CT molecular complexity index is 2100. The lowest BCUT2D eigenvalue weighted by atomic mass is 9.75. The van der Waals surface area contributed by atoms with Crippen LogP contribution in [0.5, 0.6) is 23.0 Å². The summed E-state index contributed by atoms with van der Waals surface area (Å²) in [4.78, 5) is 30.7. The minimum absolute atomic E-state index is 0.251. The van der Waals surface area contributed by atoms with Crippen LogP contribution < -0.4 is 29.6 Å². The van der Waals surface area contributed by atoms with E-state index in [4.69, 9.17) is 18.9 Å². The van der Waals surface area contributed by atoms with Crippen LogP contribution in [0, 0.1) is 5.41 Å². The largest absolute Gasteiger partial charge is 0.497 e. The fourth-order valence-electron chi connectivity index (χ4n) is 8.60. The Kier molecular flexibility index (Phi) is 12.8. The highest BCUT2D eigenvalue weighted by molar-refractivity contribution is 6.05. The van der Waals surface area contributed by atoms with E-state index in [1.54, 1.807) is 126 Å². The standard InChI is InChI=1S/C51H52N2O8/c1-58-41-25-17-37(18-26-41)50(56,38-19-27-42(59-2)28-20-38)45(35-13-7-5-8-14-35)52-47(54)49(33-11-12-34-49)48(55)53-46(36-15-9-6-10-16-36)51(57,39-21-29-43(60-3)30-22-39)40-23-31-44(61-4)32-24-40/h5-10,13-32,45-46,56-57H,11-12,33-34H2,1-4H3,(H,52,54)(H,53,55)/t45-,46-/m1/s1. The highest BCUT2D eigenvalue weighted by Crippen LogP contribution is 2.47. The molecule has 6 aromatic rings. The van der Waals surface area contributed by atoms with E-state index in [-0.39, 0.29) is 12.8 Å². The molecule has 6 aromatic carbocycles. The third-order valence-corrected chi connectivity index (χ3v) is 12.1. The van der Waals surface area contributed by atoms with Crippen molar-refractivity contribution in [1.29, 1.82) is 0 Å². The lowest BCUT2D eigenvalue weighted by molar-refractivity contribution is -0.146. The smallest absolute Gasteiger partial charge is 0.236 e. The lowest BCUT2D eigenvalue weighted by Crippen LogP contribution is -2.56. The number of methoxy groups -OCH3 is 4. The number of nitrogens with one attached hydrogen (secondary N) is 2. The van der Waals surface area contributed by atoms with E-state index in [0.29, 0.717) is 69.2 Å². The van der Waals surface area contributed by atoms with Crippen LogP contribution in [0.15, 0.2) is 158 Å². The summed E-state index contributed by atoms with van der Waals surface area (Å²) >= 11 is 0. The number of benzene rings is 6. The van der Waals surface area contributed by atoms with Crippen LogP contribution in [-0.2, 0) is 20.8 Å². The number of aliphatic hydroxyl groups is 2. The van der Waals surface area contributed by atoms with Gasteiger partial charge in [0.15, 0.2) is 0 Å². The zero-order valence-electron chi connectivity index (χ0n) is 34.8. The van der Waals surface area contributed by atoms with Crippen LogP contribution in [0.3, 0.4) is 0 Å². The van der Waals surface area contributed by atoms with Gasteiger partial charge in [-0.15, -0.1) is 0 Å². The van der Waals surface area contributed by atoms with Gasteiger partial charge in [-0.1, -0.05) is 122 Å². The number of hydrogen-bond acceptors (Lipinski definition) is 8. The molecule has 2 atom stereocenters. The molecule has 1 aliphatic rings. The SMILES string of the molecule is COc1ccc(C(O)(c2ccc(OC)cc2)[C@H](NC(=O)C2(C(=O)N[C@H](c3ccccc3)C(O)(c3ccc(OC)cc3)c3ccc(OC)cc3)CCCC2)c2ccccc2)cc1. The second-order valence-electron chi connectivity index (χ2n) is 15.4. The molecule has 0 radical (unpaired) electrons. The average Bonchev–Trinajstić information content (AvgIpc) is 3.84. The van der Waals surface area contributed by atoms with Gasteiger partial charge in [-0.05, 0) is 94.8 Å². The maximum atomic E-state index is 15.3. The molecule has 10 nitrogen and oxygen atoms in total. The van der Waals surface area contributed by atoms with Crippen LogP contribution in [-0.4, -0.2) is 50.5 Å². The van der Waals surface area contributed by atoms with E-state index < -0.39 is 40.5 Å². The molecular weight excluding hydrogens is 769 g/mol. The fraction of sp³-hybridized carbons (Fsp3) is 0.255. The minimum atomic E-state index is -1.85. The molecule has 0 bridgehead atoms. The van der Waals surface area contributed by atoms with Crippen LogP contribution in [0.4, 0.5) is 0 Å². The molecule has 0 saturated heterocycles. The van der Waals surface area contributed by atoms with Gasteiger partial charge in [-0.2, -0.15) is 0 Å². The van der Waals surface area contributed by atoms with Crippen molar-refractivity contribution in [2.75, 3.05) is 28.4 Å². The van der Waals surface area contributed by atoms with Crippen molar-refractivity contribution in [2.24, 2.45) is 5.41 Å². The molecule has 0 aromatic heterocycles. The summed E-state index contributed by atoms with van der Waals surface area (Å²) in [6.45, 7) is 0. The number of hydrogen-bond donors (Lipinski definition) is 4. The molecule has 7 rings (SSSR count). The maximum Gasteiger partial charge on any atom is 0.236 e. The highest BCUT2D eigenvalue weighted by atomic mass is 16.5. The minimum Gasteiger partial charge on any atom is -0.497 e. The van der Waals surface area contributed by atoms with Gasteiger partial charge in [0.05, 0.1) is 40.5 Å². The zero-order chi connectivity index (χ0) is 43.0. The number of ether oxygens (including phenoxy) is 4. The molecule has 0 aliphatic heterocycles. The Balaban J connectivity index is 1.33. The molecule has 0 unspecified atom stereocenters. The molecule has 1 saturated carbocycles. The molecule has 1 aliphatic carbocycles. The van der Waals surface area contributed by atoms with E-state index in [1.807, 2.05) is 60.7 Å². The van der Waals surface area contributed by atoms with Crippen molar-refractivity contribution in [3.05, 3.63) is 191 Å². The van der Waals surface area contributed by atoms with Gasteiger partial charge in [0.1, 0.15) is 39.6 Å². The van der Waals surface area contributed by atoms with Crippen LogP contribution in [0.2, 0.25) is 0 Å². The lowest BCUT2D eigenvalue weighted by Gasteiger charge is -2.41. The number of carbonyl (C=O) groups excluding carboxylic acids is 2. The van der Waals surface area contributed by atoms with Gasteiger partial charge in [0, 0.05) is 0 Å². The predicted molar refractivity (Wildman–Crippen MR) is 234 cm³/mol. The van der Waals surface area contributed by atoms with Gasteiger partial charge >= 0.3 is 0 Å². The van der Waals surface area contributed by atoms with Gasteiger partial charge in [0.25, 0.3) is 0 Å². The molecule has 0 spiro atoms. The Labute approximate surface area is 357 Å². The molecular formula is C51H52N2O8.